The molecule has 10 heteroatoms. The molecule has 1 saturated heterocycles. The number of hydrogen-bond donors (Lipinski definition) is 2. The van der Waals surface area contributed by atoms with Crippen LogP contribution in [0.25, 0.3) is 0 Å². The Hall–Kier alpha value is -2.88. The average Bonchev–Trinajstić information content (AvgIpc) is 3.51. The normalized spacial score (nSPS) is 17.2. The minimum atomic E-state index is 0.456. The van der Waals surface area contributed by atoms with E-state index in [0.717, 1.165) is 56.4 Å². The zero-order chi connectivity index (χ0) is 20.2. The first-order valence-electron chi connectivity index (χ1n) is 9.82. The Kier molecular flexibility index (Phi) is 5.79. The van der Waals surface area contributed by atoms with Crippen LogP contribution in [0.3, 0.4) is 0 Å². The van der Waals surface area contributed by atoms with E-state index in [1.807, 2.05) is 26.0 Å². The number of aromatic nitrogens is 4. The van der Waals surface area contributed by atoms with E-state index >= 15 is 0 Å². The number of anilines is 2. The maximum absolute atomic E-state index is 5.45. The molecule has 0 spiro atoms. The Morgan fingerprint density at radius 1 is 1.07 bits per heavy atom. The van der Waals surface area contributed by atoms with Crippen molar-refractivity contribution >= 4 is 35.2 Å². The van der Waals surface area contributed by atoms with Gasteiger partial charge in [-0.2, -0.15) is 4.99 Å². The molecule has 2 N–H and O–H groups in total. The van der Waals surface area contributed by atoms with E-state index < -0.39 is 0 Å². The number of hydrogen-bond acceptors (Lipinski definition) is 6. The molecular weight excluding hydrogens is 386 g/mol. The smallest absolute Gasteiger partial charge is 0.229 e. The Labute approximate surface area is 175 Å². The van der Waals surface area contributed by atoms with E-state index in [0.29, 0.717) is 23.1 Å². The van der Waals surface area contributed by atoms with Gasteiger partial charge in [0.15, 0.2) is 5.11 Å². The summed E-state index contributed by atoms with van der Waals surface area (Å²) in [5, 5.41) is 7.05. The van der Waals surface area contributed by atoms with Crippen LogP contribution in [0.5, 0.6) is 0 Å². The molecular formula is C19H25N9S. The number of guanidine groups is 1. The molecule has 0 unspecified atom stereocenters. The van der Waals surface area contributed by atoms with Gasteiger partial charge in [0.2, 0.25) is 17.9 Å². The van der Waals surface area contributed by atoms with Gasteiger partial charge in [0.05, 0.1) is 0 Å². The molecule has 3 heterocycles. The van der Waals surface area contributed by atoms with Gasteiger partial charge in [-0.25, -0.2) is 19.9 Å². The van der Waals surface area contributed by atoms with Crippen molar-refractivity contribution in [2.45, 2.75) is 32.7 Å². The third-order valence-corrected chi connectivity index (χ3v) is 4.94. The summed E-state index contributed by atoms with van der Waals surface area (Å²) in [4.78, 5) is 26.7. The highest BCUT2D eigenvalue weighted by Gasteiger charge is 2.25. The quantitative estimate of drug-likeness (QED) is 0.443. The molecule has 0 aromatic carbocycles. The Morgan fingerprint density at radius 2 is 1.72 bits per heavy atom. The Morgan fingerprint density at radius 3 is 2.34 bits per heavy atom. The number of rotatable bonds is 3. The first kappa shape index (κ1) is 19.4. The maximum Gasteiger partial charge on any atom is 0.229 e. The van der Waals surface area contributed by atoms with Crippen LogP contribution >= 0.6 is 12.2 Å². The highest BCUT2D eigenvalue weighted by atomic mass is 32.1. The van der Waals surface area contributed by atoms with Gasteiger partial charge in [-0.15, -0.1) is 0 Å². The van der Waals surface area contributed by atoms with Crippen LogP contribution in [0.15, 0.2) is 29.5 Å². The minimum Gasteiger partial charge on any atom is -0.358 e. The number of aliphatic imine (C=N–C) groups is 1. The first-order chi connectivity index (χ1) is 14.1. The molecule has 4 rings (SSSR count). The third-order valence-electron chi connectivity index (χ3n) is 4.73. The number of nitrogens with zero attached hydrogens (tertiary/aromatic N) is 7. The summed E-state index contributed by atoms with van der Waals surface area (Å²) in [6, 6.07) is 4.23. The van der Waals surface area contributed by atoms with Gasteiger partial charge in [0.1, 0.15) is 0 Å². The van der Waals surface area contributed by atoms with Gasteiger partial charge in [0.25, 0.3) is 0 Å². The van der Waals surface area contributed by atoms with Crippen LogP contribution in [0.1, 0.15) is 24.2 Å². The standard InChI is InChI=1S/C19H25N9S/c1-13-12-14(2)23-16(22-13)25-18(26-19(29)24-15-4-5-15)28-10-8-27(9-11-28)17-20-6-3-7-21-17/h3,6-7,12,15H,4-5,8-11H2,1-2H3,(H2,22,23,24,25,26,29). The number of nitrogens with one attached hydrogen (secondary N) is 2. The molecule has 1 saturated carbocycles. The maximum atomic E-state index is 5.45. The molecule has 1 aliphatic heterocycles. The first-order valence-corrected chi connectivity index (χ1v) is 10.2. The van der Waals surface area contributed by atoms with Crippen molar-refractivity contribution in [2.75, 3.05) is 36.4 Å². The van der Waals surface area contributed by atoms with Crippen molar-refractivity contribution in [2.24, 2.45) is 4.99 Å². The summed E-state index contributed by atoms with van der Waals surface area (Å²) >= 11 is 5.45. The van der Waals surface area contributed by atoms with E-state index in [9.17, 15) is 0 Å². The molecule has 29 heavy (non-hydrogen) atoms. The van der Waals surface area contributed by atoms with Crippen molar-refractivity contribution in [3.8, 4) is 0 Å². The summed E-state index contributed by atoms with van der Waals surface area (Å²) in [6.45, 7) is 7.02. The van der Waals surface area contributed by atoms with E-state index in [4.69, 9.17) is 12.2 Å². The van der Waals surface area contributed by atoms with Crippen LogP contribution in [0, 0.1) is 13.8 Å². The van der Waals surface area contributed by atoms with Crippen molar-refractivity contribution in [3.05, 3.63) is 35.9 Å². The number of thiocarbonyl (C=S) groups is 1. The fourth-order valence-electron chi connectivity index (χ4n) is 3.16. The second kappa shape index (κ2) is 8.64. The largest absolute Gasteiger partial charge is 0.358 e. The highest BCUT2D eigenvalue weighted by Crippen LogP contribution is 2.19. The lowest BCUT2D eigenvalue weighted by Crippen LogP contribution is -2.51. The van der Waals surface area contributed by atoms with Gasteiger partial charge in [-0.1, -0.05) is 0 Å². The van der Waals surface area contributed by atoms with Crippen molar-refractivity contribution in [1.82, 2.24) is 30.2 Å². The van der Waals surface area contributed by atoms with E-state index in [1.54, 1.807) is 12.4 Å². The Balaban J connectivity index is 1.49. The van der Waals surface area contributed by atoms with E-state index in [-0.39, 0.29) is 0 Å². The molecule has 0 bridgehead atoms. The topological polar surface area (TPSA) is 94.5 Å². The van der Waals surface area contributed by atoms with Crippen LogP contribution in [-0.4, -0.2) is 68.1 Å². The molecule has 2 aromatic rings. The average molecular weight is 412 g/mol. The predicted molar refractivity (Wildman–Crippen MR) is 117 cm³/mol. The summed E-state index contributed by atoms with van der Waals surface area (Å²) in [6.07, 6.45) is 5.83. The molecule has 2 fully saturated rings. The molecule has 2 aliphatic rings. The zero-order valence-corrected chi connectivity index (χ0v) is 17.5. The lowest BCUT2D eigenvalue weighted by atomic mass is 10.3. The highest BCUT2D eigenvalue weighted by molar-refractivity contribution is 7.80. The van der Waals surface area contributed by atoms with Gasteiger partial charge >= 0.3 is 0 Å². The summed E-state index contributed by atoms with van der Waals surface area (Å²) in [5.41, 5.74) is 1.81. The van der Waals surface area contributed by atoms with Gasteiger partial charge in [-0.3, -0.25) is 5.32 Å². The van der Waals surface area contributed by atoms with Crippen LogP contribution in [0.2, 0.25) is 0 Å². The third kappa shape index (κ3) is 5.35. The minimum absolute atomic E-state index is 0.456. The summed E-state index contributed by atoms with van der Waals surface area (Å²) in [5.74, 6) is 1.95. The molecule has 0 amide bonds. The van der Waals surface area contributed by atoms with Gasteiger partial charge in [0, 0.05) is 56.0 Å². The number of aryl methyl sites for hydroxylation is 2. The van der Waals surface area contributed by atoms with E-state index in [2.05, 4.69) is 45.4 Å². The van der Waals surface area contributed by atoms with Gasteiger partial charge in [-0.05, 0) is 51.0 Å². The lowest BCUT2D eigenvalue weighted by molar-refractivity contribution is 0.382. The summed E-state index contributed by atoms with van der Waals surface area (Å²) in [7, 11) is 0. The molecule has 1 aliphatic carbocycles. The summed E-state index contributed by atoms with van der Waals surface area (Å²) < 4.78 is 0. The Bertz CT molecular complexity index is 870. The molecule has 2 aromatic heterocycles. The molecule has 0 radical (unpaired) electrons. The van der Waals surface area contributed by atoms with E-state index in [1.165, 1.54) is 0 Å². The van der Waals surface area contributed by atoms with Crippen molar-refractivity contribution < 1.29 is 0 Å². The molecule has 0 atom stereocenters. The number of piperazine rings is 1. The van der Waals surface area contributed by atoms with Crippen LogP contribution in [-0.2, 0) is 0 Å². The van der Waals surface area contributed by atoms with Crippen LogP contribution < -0.4 is 15.5 Å². The van der Waals surface area contributed by atoms with Crippen LogP contribution in [0.4, 0.5) is 11.9 Å². The zero-order valence-electron chi connectivity index (χ0n) is 16.7. The molecule has 152 valence electrons. The lowest BCUT2D eigenvalue weighted by Gasteiger charge is -2.36. The fraction of sp³-hybridized carbons (Fsp3) is 0.474. The van der Waals surface area contributed by atoms with Gasteiger partial charge < -0.3 is 15.1 Å². The molecule has 9 nitrogen and oxygen atoms in total. The monoisotopic (exact) mass is 411 g/mol. The predicted octanol–water partition coefficient (Wildman–Crippen LogP) is 1.51. The fourth-order valence-corrected chi connectivity index (χ4v) is 3.42. The van der Waals surface area contributed by atoms with Crippen molar-refractivity contribution in [1.29, 1.82) is 0 Å². The van der Waals surface area contributed by atoms with Crippen molar-refractivity contribution in [3.63, 3.8) is 0 Å². The SMILES string of the molecule is Cc1cc(C)nc(N/C(=N/C(=S)NC2CC2)N2CCN(c3ncccn3)CC2)n1. The second-order valence-electron chi connectivity index (χ2n) is 7.28. The second-order valence-corrected chi connectivity index (χ2v) is 7.67.